The highest BCUT2D eigenvalue weighted by Gasteiger charge is 2.19. The molecule has 3 rings (SSSR count). The third-order valence-electron chi connectivity index (χ3n) is 6.83. The average Bonchev–Trinajstić information content (AvgIpc) is 2.81. The van der Waals surface area contributed by atoms with Crippen LogP contribution in [0.2, 0.25) is 0 Å². The van der Waals surface area contributed by atoms with Crippen molar-refractivity contribution < 1.29 is 0 Å². The highest BCUT2D eigenvalue weighted by molar-refractivity contribution is 5.82. The summed E-state index contributed by atoms with van der Waals surface area (Å²) in [4.78, 5) is 10.1. The molecule has 0 radical (unpaired) electrons. The van der Waals surface area contributed by atoms with Crippen LogP contribution in [0.1, 0.15) is 132 Å². The van der Waals surface area contributed by atoms with Gasteiger partial charge in [-0.2, -0.15) is 0 Å². The summed E-state index contributed by atoms with van der Waals surface area (Å²) in [5, 5.41) is 0. The van der Waals surface area contributed by atoms with E-state index in [1.54, 1.807) is 0 Å². The maximum absolute atomic E-state index is 5.12. The lowest BCUT2D eigenvalue weighted by molar-refractivity contribution is 0.806. The molecule has 0 aliphatic rings. The van der Waals surface area contributed by atoms with Crippen molar-refractivity contribution in [2.75, 3.05) is 0 Å². The Morgan fingerprint density at radius 3 is 1.54 bits per heavy atom. The van der Waals surface area contributed by atoms with Gasteiger partial charge in [0.2, 0.25) is 0 Å². The summed E-state index contributed by atoms with van der Waals surface area (Å²) in [6.45, 7) is 22.6. The molecule has 0 aliphatic carbocycles. The Labute approximate surface area is 213 Å². The molecular weight excluding hydrogens is 424 g/mol. The van der Waals surface area contributed by atoms with Crippen LogP contribution in [0.25, 0.3) is 11.3 Å². The number of para-hydroxylation sites is 1. The van der Waals surface area contributed by atoms with Crippen molar-refractivity contribution in [3.05, 3.63) is 82.0 Å². The van der Waals surface area contributed by atoms with Crippen molar-refractivity contribution in [1.29, 1.82) is 0 Å². The van der Waals surface area contributed by atoms with Crippen LogP contribution in [0.5, 0.6) is 0 Å². The summed E-state index contributed by atoms with van der Waals surface area (Å²) in [5.41, 5.74) is 11.1. The standard InChI is InChI=1S/C33H44N2/c1-20(2)25-17-29(23(7)8)32(30(18-25)24(9)10)31-16-11-13-26(35-31)19-34-33-27(21(3)4)14-12-15-28(33)22(5)6/h11-24H,1-10H3. The number of aliphatic imine (C=N–C) groups is 1. The monoisotopic (exact) mass is 468 g/mol. The molecule has 0 amide bonds. The summed E-state index contributed by atoms with van der Waals surface area (Å²) in [6.07, 6.45) is 1.95. The second kappa shape index (κ2) is 11.3. The van der Waals surface area contributed by atoms with E-state index in [1.165, 1.54) is 33.4 Å². The van der Waals surface area contributed by atoms with Gasteiger partial charge in [-0.25, -0.2) is 4.98 Å². The molecule has 0 saturated carbocycles. The summed E-state index contributed by atoms with van der Waals surface area (Å²) < 4.78 is 0. The summed E-state index contributed by atoms with van der Waals surface area (Å²) in [7, 11) is 0. The Hall–Kier alpha value is -2.74. The molecular formula is C33H44N2. The lowest BCUT2D eigenvalue weighted by Crippen LogP contribution is -2.05. The molecule has 0 saturated heterocycles. The lowest BCUT2D eigenvalue weighted by atomic mass is 9.83. The summed E-state index contributed by atoms with van der Waals surface area (Å²) >= 11 is 0. The van der Waals surface area contributed by atoms with Crippen molar-refractivity contribution in [2.24, 2.45) is 4.99 Å². The first-order chi connectivity index (χ1) is 16.5. The first kappa shape index (κ1) is 26.9. The molecule has 2 aromatic carbocycles. The van der Waals surface area contributed by atoms with Gasteiger partial charge in [-0.1, -0.05) is 106 Å². The highest BCUT2D eigenvalue weighted by Crippen LogP contribution is 2.38. The number of pyridine rings is 1. The maximum atomic E-state index is 5.12. The zero-order valence-electron chi connectivity index (χ0n) is 23.5. The minimum Gasteiger partial charge on any atom is -0.254 e. The van der Waals surface area contributed by atoms with Crippen LogP contribution in [-0.2, 0) is 0 Å². The highest BCUT2D eigenvalue weighted by atomic mass is 14.8. The van der Waals surface area contributed by atoms with E-state index in [0.717, 1.165) is 17.1 Å². The minimum atomic E-state index is 0.418. The Kier molecular flexibility index (Phi) is 8.70. The molecule has 3 aromatic rings. The molecule has 2 heteroatoms. The Morgan fingerprint density at radius 2 is 1.09 bits per heavy atom. The van der Waals surface area contributed by atoms with Crippen LogP contribution >= 0.6 is 0 Å². The number of nitrogens with zero attached hydrogens (tertiary/aromatic N) is 2. The van der Waals surface area contributed by atoms with Crippen LogP contribution < -0.4 is 0 Å². The van der Waals surface area contributed by atoms with E-state index >= 15 is 0 Å². The van der Waals surface area contributed by atoms with Gasteiger partial charge in [-0.3, -0.25) is 4.99 Å². The zero-order chi connectivity index (χ0) is 25.9. The average molecular weight is 469 g/mol. The molecule has 0 aliphatic heterocycles. The zero-order valence-corrected chi connectivity index (χ0v) is 23.5. The van der Waals surface area contributed by atoms with E-state index in [4.69, 9.17) is 9.98 Å². The molecule has 186 valence electrons. The van der Waals surface area contributed by atoms with Crippen LogP contribution in [0, 0.1) is 0 Å². The molecule has 0 spiro atoms. The predicted octanol–water partition coefficient (Wildman–Crippen LogP) is 10.1. The normalized spacial score (nSPS) is 12.3. The third-order valence-corrected chi connectivity index (χ3v) is 6.83. The fourth-order valence-corrected chi connectivity index (χ4v) is 4.71. The van der Waals surface area contributed by atoms with E-state index in [9.17, 15) is 0 Å². The SMILES string of the molecule is CC(C)c1cc(C(C)C)c(-c2cccc(C=Nc3c(C(C)C)cccc3C(C)C)n2)c(C(C)C)c1. The molecule has 0 N–H and O–H groups in total. The fourth-order valence-electron chi connectivity index (χ4n) is 4.71. The van der Waals surface area contributed by atoms with E-state index in [-0.39, 0.29) is 0 Å². The second-order valence-electron chi connectivity index (χ2n) is 11.3. The van der Waals surface area contributed by atoms with Gasteiger partial charge in [-0.05, 0) is 69.5 Å². The maximum Gasteiger partial charge on any atom is 0.0820 e. The van der Waals surface area contributed by atoms with Crippen molar-refractivity contribution in [3.63, 3.8) is 0 Å². The van der Waals surface area contributed by atoms with Gasteiger partial charge in [0.15, 0.2) is 0 Å². The van der Waals surface area contributed by atoms with Gasteiger partial charge >= 0.3 is 0 Å². The summed E-state index contributed by atoms with van der Waals surface area (Å²) in [6, 6.07) is 17.7. The predicted molar refractivity (Wildman–Crippen MR) is 154 cm³/mol. The van der Waals surface area contributed by atoms with Crippen LogP contribution in [0.4, 0.5) is 5.69 Å². The fraction of sp³-hybridized carbons (Fsp3) is 0.455. The Balaban J connectivity index is 2.15. The quantitative estimate of drug-likeness (QED) is 0.302. The Morgan fingerprint density at radius 1 is 0.600 bits per heavy atom. The first-order valence-corrected chi connectivity index (χ1v) is 13.3. The molecule has 0 atom stereocenters. The van der Waals surface area contributed by atoms with Crippen molar-refractivity contribution in [3.8, 4) is 11.3 Å². The van der Waals surface area contributed by atoms with Gasteiger partial charge in [0.25, 0.3) is 0 Å². The lowest BCUT2D eigenvalue weighted by Gasteiger charge is -2.22. The number of hydrogen-bond acceptors (Lipinski definition) is 2. The van der Waals surface area contributed by atoms with E-state index < -0.39 is 0 Å². The van der Waals surface area contributed by atoms with Gasteiger partial charge < -0.3 is 0 Å². The topological polar surface area (TPSA) is 25.2 Å². The second-order valence-corrected chi connectivity index (χ2v) is 11.3. The van der Waals surface area contributed by atoms with Gasteiger partial charge in [-0.15, -0.1) is 0 Å². The molecule has 2 nitrogen and oxygen atoms in total. The molecule has 1 heterocycles. The molecule has 1 aromatic heterocycles. The molecule has 35 heavy (non-hydrogen) atoms. The molecule has 0 fully saturated rings. The Bertz CT molecular complexity index is 1120. The molecule has 0 unspecified atom stereocenters. The smallest absolute Gasteiger partial charge is 0.0820 e. The van der Waals surface area contributed by atoms with Crippen LogP contribution in [0.3, 0.4) is 0 Å². The van der Waals surface area contributed by atoms with Crippen molar-refractivity contribution in [2.45, 2.75) is 98.8 Å². The van der Waals surface area contributed by atoms with Gasteiger partial charge in [0, 0.05) is 5.56 Å². The third kappa shape index (κ3) is 6.10. The van der Waals surface area contributed by atoms with Gasteiger partial charge in [0.05, 0.1) is 23.3 Å². The van der Waals surface area contributed by atoms with Crippen molar-refractivity contribution >= 4 is 11.9 Å². The van der Waals surface area contributed by atoms with E-state index in [0.29, 0.717) is 29.6 Å². The number of benzene rings is 2. The number of rotatable bonds is 8. The first-order valence-electron chi connectivity index (χ1n) is 13.3. The van der Waals surface area contributed by atoms with Crippen LogP contribution in [-0.4, -0.2) is 11.2 Å². The number of hydrogen-bond donors (Lipinski definition) is 0. The van der Waals surface area contributed by atoms with Crippen molar-refractivity contribution in [1.82, 2.24) is 4.98 Å². The van der Waals surface area contributed by atoms with E-state index in [2.05, 4.69) is 118 Å². The van der Waals surface area contributed by atoms with E-state index in [1.807, 2.05) is 6.21 Å². The number of aromatic nitrogens is 1. The minimum absolute atomic E-state index is 0.418. The van der Waals surface area contributed by atoms with Crippen LogP contribution in [0.15, 0.2) is 53.5 Å². The summed E-state index contributed by atoms with van der Waals surface area (Å²) in [5.74, 6) is 2.18. The molecule has 0 bridgehead atoms. The van der Waals surface area contributed by atoms with Gasteiger partial charge in [0.1, 0.15) is 0 Å². The largest absolute Gasteiger partial charge is 0.254 e.